The minimum atomic E-state index is 0.399. The maximum absolute atomic E-state index is 6.29. The Kier molecular flexibility index (Phi) is 4.03. The lowest BCUT2D eigenvalue weighted by Crippen LogP contribution is -2.64. The van der Waals surface area contributed by atoms with Gasteiger partial charge < -0.3 is 10.1 Å². The van der Waals surface area contributed by atoms with Crippen LogP contribution in [0.2, 0.25) is 0 Å². The van der Waals surface area contributed by atoms with E-state index in [0.717, 1.165) is 12.2 Å². The van der Waals surface area contributed by atoms with Crippen molar-refractivity contribution in [2.45, 2.75) is 50.7 Å². The SMILES string of the molecule is CNC1CC(Oc2ccc(I)cc2)C12CCCCC2. The predicted molar refractivity (Wildman–Crippen MR) is 86.6 cm³/mol. The van der Waals surface area contributed by atoms with Crippen LogP contribution in [0.3, 0.4) is 0 Å². The monoisotopic (exact) mass is 371 g/mol. The molecule has 2 unspecified atom stereocenters. The highest BCUT2D eigenvalue weighted by molar-refractivity contribution is 14.1. The lowest BCUT2D eigenvalue weighted by atomic mass is 9.55. The average molecular weight is 371 g/mol. The molecule has 2 nitrogen and oxygen atoms in total. The van der Waals surface area contributed by atoms with Crippen molar-refractivity contribution in [3.63, 3.8) is 0 Å². The molecule has 2 saturated carbocycles. The number of benzene rings is 1. The first-order valence-electron chi connectivity index (χ1n) is 7.34. The molecule has 2 atom stereocenters. The highest BCUT2D eigenvalue weighted by Crippen LogP contribution is 2.53. The van der Waals surface area contributed by atoms with Crippen molar-refractivity contribution in [1.29, 1.82) is 0 Å². The fourth-order valence-corrected chi connectivity index (χ4v) is 4.24. The van der Waals surface area contributed by atoms with Crippen molar-refractivity contribution in [3.05, 3.63) is 27.8 Å². The Hall–Kier alpha value is -0.290. The van der Waals surface area contributed by atoms with Crippen LogP contribution in [-0.2, 0) is 0 Å². The molecule has 0 aliphatic heterocycles. The topological polar surface area (TPSA) is 21.3 Å². The van der Waals surface area contributed by atoms with Crippen LogP contribution in [0.4, 0.5) is 0 Å². The van der Waals surface area contributed by atoms with E-state index in [1.807, 2.05) is 0 Å². The van der Waals surface area contributed by atoms with Gasteiger partial charge in [0, 0.05) is 21.4 Å². The van der Waals surface area contributed by atoms with Gasteiger partial charge in [0.2, 0.25) is 0 Å². The molecule has 2 fully saturated rings. The van der Waals surface area contributed by atoms with Crippen LogP contribution in [0.1, 0.15) is 38.5 Å². The van der Waals surface area contributed by atoms with Crippen LogP contribution in [0.5, 0.6) is 5.75 Å². The summed E-state index contributed by atoms with van der Waals surface area (Å²) in [4.78, 5) is 0. The first-order chi connectivity index (χ1) is 9.24. The standard InChI is InChI=1S/C16H22INO/c1-18-14-11-15(16(14)9-3-2-4-10-16)19-13-7-5-12(17)6-8-13/h5-8,14-15,18H,2-4,9-11H2,1H3. The van der Waals surface area contributed by atoms with Crippen LogP contribution in [0.25, 0.3) is 0 Å². The second-order valence-corrected chi connectivity index (χ2v) is 7.18. The number of hydrogen-bond donors (Lipinski definition) is 1. The zero-order valence-electron chi connectivity index (χ0n) is 11.5. The lowest BCUT2D eigenvalue weighted by molar-refractivity contribution is -0.100. The van der Waals surface area contributed by atoms with Gasteiger partial charge in [-0.2, -0.15) is 0 Å². The second kappa shape index (κ2) is 5.60. The third-order valence-corrected chi connectivity index (χ3v) is 5.73. The molecule has 2 aliphatic carbocycles. The molecule has 1 N–H and O–H groups in total. The molecule has 1 aromatic carbocycles. The Labute approximate surface area is 129 Å². The molecular formula is C16H22INO. The summed E-state index contributed by atoms with van der Waals surface area (Å²) < 4.78 is 7.55. The molecule has 0 heterocycles. The molecule has 19 heavy (non-hydrogen) atoms. The summed E-state index contributed by atoms with van der Waals surface area (Å²) in [7, 11) is 2.10. The molecule has 1 spiro atoms. The van der Waals surface area contributed by atoms with Crippen molar-refractivity contribution in [2.24, 2.45) is 5.41 Å². The molecule has 0 radical (unpaired) electrons. The average Bonchev–Trinajstić information content (AvgIpc) is 2.46. The molecule has 3 rings (SSSR count). The van der Waals surface area contributed by atoms with Crippen LogP contribution in [-0.4, -0.2) is 19.2 Å². The summed E-state index contributed by atoms with van der Waals surface area (Å²) in [6.07, 6.45) is 8.35. The molecule has 0 saturated heterocycles. The maximum Gasteiger partial charge on any atom is 0.119 e. The first-order valence-corrected chi connectivity index (χ1v) is 8.42. The van der Waals surface area contributed by atoms with Crippen LogP contribution >= 0.6 is 22.6 Å². The van der Waals surface area contributed by atoms with Gasteiger partial charge in [0.05, 0.1) is 0 Å². The summed E-state index contributed by atoms with van der Waals surface area (Å²) in [5, 5.41) is 3.51. The van der Waals surface area contributed by atoms with Crippen molar-refractivity contribution in [3.8, 4) is 5.75 Å². The van der Waals surface area contributed by atoms with E-state index in [1.54, 1.807) is 0 Å². The third kappa shape index (κ3) is 2.51. The number of ether oxygens (including phenoxy) is 1. The normalized spacial score (nSPS) is 28.9. The minimum absolute atomic E-state index is 0.399. The molecule has 104 valence electrons. The number of rotatable bonds is 3. The summed E-state index contributed by atoms with van der Waals surface area (Å²) >= 11 is 2.33. The van der Waals surface area contributed by atoms with Crippen molar-refractivity contribution in [2.75, 3.05) is 7.05 Å². The molecule has 2 aliphatic rings. The van der Waals surface area contributed by atoms with Gasteiger partial charge in [-0.15, -0.1) is 0 Å². The van der Waals surface area contributed by atoms with Gasteiger partial charge in [-0.1, -0.05) is 19.3 Å². The van der Waals surface area contributed by atoms with Crippen LogP contribution in [0, 0.1) is 8.99 Å². The summed E-state index contributed by atoms with van der Waals surface area (Å²) in [6.45, 7) is 0. The van der Waals surface area contributed by atoms with Crippen molar-refractivity contribution in [1.82, 2.24) is 5.32 Å². The molecule has 0 aromatic heterocycles. The first kappa shape index (κ1) is 13.7. The number of halogens is 1. The van der Waals surface area contributed by atoms with Crippen molar-refractivity contribution >= 4 is 22.6 Å². The molecule has 0 bridgehead atoms. The number of nitrogens with one attached hydrogen (secondary N) is 1. The van der Waals surface area contributed by atoms with Gasteiger partial charge in [0.1, 0.15) is 11.9 Å². The minimum Gasteiger partial charge on any atom is -0.490 e. The van der Waals surface area contributed by atoms with E-state index >= 15 is 0 Å². The molecule has 0 amide bonds. The lowest BCUT2D eigenvalue weighted by Gasteiger charge is -2.57. The molecule has 1 aromatic rings. The summed E-state index contributed by atoms with van der Waals surface area (Å²) in [5.41, 5.74) is 0.399. The zero-order valence-corrected chi connectivity index (χ0v) is 13.7. The summed E-state index contributed by atoms with van der Waals surface area (Å²) in [5.74, 6) is 1.03. The Morgan fingerprint density at radius 2 is 1.84 bits per heavy atom. The van der Waals surface area contributed by atoms with Crippen LogP contribution in [0.15, 0.2) is 24.3 Å². The van der Waals surface area contributed by atoms with E-state index in [9.17, 15) is 0 Å². The fraction of sp³-hybridized carbons (Fsp3) is 0.625. The Bertz CT molecular complexity index is 425. The van der Waals surface area contributed by atoms with Crippen LogP contribution < -0.4 is 10.1 Å². The second-order valence-electron chi connectivity index (χ2n) is 5.93. The van der Waals surface area contributed by atoms with Gasteiger partial charge in [-0.3, -0.25) is 0 Å². The Balaban J connectivity index is 1.72. The van der Waals surface area contributed by atoms with E-state index in [0.29, 0.717) is 17.6 Å². The quantitative estimate of drug-likeness (QED) is 0.812. The van der Waals surface area contributed by atoms with Gasteiger partial charge in [-0.25, -0.2) is 0 Å². The molecule has 3 heteroatoms. The van der Waals surface area contributed by atoms with E-state index in [1.165, 1.54) is 35.7 Å². The zero-order chi connectivity index (χ0) is 13.3. The molecular weight excluding hydrogens is 349 g/mol. The van der Waals surface area contributed by atoms with E-state index in [2.05, 4.69) is 59.2 Å². The van der Waals surface area contributed by atoms with E-state index in [-0.39, 0.29) is 0 Å². The predicted octanol–water partition coefficient (Wildman–Crippen LogP) is 3.98. The smallest absolute Gasteiger partial charge is 0.119 e. The fourth-order valence-electron chi connectivity index (χ4n) is 3.88. The van der Waals surface area contributed by atoms with E-state index < -0.39 is 0 Å². The third-order valence-electron chi connectivity index (χ3n) is 5.01. The largest absolute Gasteiger partial charge is 0.490 e. The Morgan fingerprint density at radius 1 is 1.16 bits per heavy atom. The van der Waals surface area contributed by atoms with Gasteiger partial charge in [0.25, 0.3) is 0 Å². The maximum atomic E-state index is 6.29. The highest BCUT2D eigenvalue weighted by Gasteiger charge is 2.55. The summed E-state index contributed by atoms with van der Waals surface area (Å²) in [6, 6.07) is 9.10. The van der Waals surface area contributed by atoms with Gasteiger partial charge in [-0.05, 0) is 66.7 Å². The Morgan fingerprint density at radius 3 is 2.47 bits per heavy atom. The van der Waals surface area contributed by atoms with Gasteiger partial charge in [0.15, 0.2) is 0 Å². The van der Waals surface area contributed by atoms with Crippen molar-refractivity contribution < 1.29 is 4.74 Å². The van der Waals surface area contributed by atoms with E-state index in [4.69, 9.17) is 4.74 Å². The van der Waals surface area contributed by atoms with Gasteiger partial charge >= 0.3 is 0 Å². The highest BCUT2D eigenvalue weighted by atomic mass is 127. The number of hydrogen-bond acceptors (Lipinski definition) is 2.